The molecule has 27 heavy (non-hydrogen) atoms. The van der Waals surface area contributed by atoms with Crippen LogP contribution in [0.15, 0.2) is 4.79 Å². The van der Waals surface area contributed by atoms with E-state index >= 15 is 0 Å². The van der Waals surface area contributed by atoms with E-state index in [0.717, 1.165) is 0 Å². The van der Waals surface area contributed by atoms with Crippen molar-refractivity contribution in [3.8, 4) is 0 Å². The number of rotatable bonds is 4. The molecule has 1 aromatic heterocycles. The Labute approximate surface area is 155 Å². The van der Waals surface area contributed by atoms with E-state index in [4.69, 9.17) is 36.3 Å². The minimum atomic E-state index is -3.11. The van der Waals surface area contributed by atoms with Gasteiger partial charge in [0, 0.05) is 13.3 Å². The molecule has 4 rings (SSSR count). The van der Waals surface area contributed by atoms with E-state index < -0.39 is 20.0 Å². The zero-order valence-electron chi connectivity index (χ0n) is 14.4. The number of carbonyl (C=O) groups excluding carboxylic acids is 1. The monoisotopic (exact) mass is 398 g/mol. The predicted molar refractivity (Wildman–Crippen MR) is 94.7 cm³/mol. The van der Waals surface area contributed by atoms with Gasteiger partial charge in [-0.05, 0) is 0 Å². The Balaban J connectivity index is 1.43. The first-order chi connectivity index (χ1) is 12.8. The van der Waals surface area contributed by atoms with Gasteiger partial charge in [-0.15, -0.1) is 0 Å². The van der Waals surface area contributed by atoms with Crippen LogP contribution in [-0.2, 0) is 27.8 Å². The lowest BCUT2D eigenvalue weighted by Gasteiger charge is -2.29. The normalized spacial score (nSPS) is 31.9. The van der Waals surface area contributed by atoms with Crippen LogP contribution in [0.25, 0.3) is 0 Å². The molecule has 0 bridgehead atoms. The molecule has 0 aliphatic carbocycles. The number of hydrogen-bond acceptors (Lipinski definition) is 11. The summed E-state index contributed by atoms with van der Waals surface area (Å²) in [5.74, 6) is -0.0586. The van der Waals surface area contributed by atoms with Crippen molar-refractivity contribution in [3.63, 3.8) is 0 Å². The highest BCUT2D eigenvalue weighted by Gasteiger charge is 2.55. The number of nitrogens with zero attached hydrogens (tertiary/aromatic N) is 2. The molecule has 0 saturated carbocycles. The summed E-state index contributed by atoms with van der Waals surface area (Å²) in [6.45, 7) is 1.42. The lowest BCUT2D eigenvalue weighted by Crippen LogP contribution is -2.36. The summed E-state index contributed by atoms with van der Waals surface area (Å²) in [4.78, 5) is 31.2. The Hall–Kier alpha value is -1.92. The molecule has 4 atom stereocenters. The molecule has 3 aliphatic rings. The largest absolute Gasteiger partial charge is 0.488 e. The van der Waals surface area contributed by atoms with E-state index in [-0.39, 0.29) is 37.1 Å². The summed E-state index contributed by atoms with van der Waals surface area (Å²) in [6, 6.07) is 0. The molecule has 0 amide bonds. The first-order valence-electron chi connectivity index (χ1n) is 8.19. The first kappa shape index (κ1) is 18.4. The van der Waals surface area contributed by atoms with Gasteiger partial charge in [-0.3, -0.25) is 14.6 Å². The van der Waals surface area contributed by atoms with Crippen LogP contribution in [0.4, 0.5) is 17.5 Å². The highest BCUT2D eigenvalue weighted by atomic mass is 31.2. The Bertz CT molecular complexity index is 812. The summed E-state index contributed by atoms with van der Waals surface area (Å²) in [5, 5.41) is 2.98. The van der Waals surface area contributed by atoms with Gasteiger partial charge in [-0.25, -0.2) is 0 Å². The Morgan fingerprint density at radius 2 is 2.33 bits per heavy atom. The minimum Gasteiger partial charge on any atom is -0.434 e. The highest BCUT2D eigenvalue weighted by Crippen LogP contribution is 2.62. The average molecular weight is 398 g/mol. The van der Waals surface area contributed by atoms with Gasteiger partial charge in [0.25, 0.3) is 5.56 Å². The molecule has 2 fully saturated rings. The van der Waals surface area contributed by atoms with Gasteiger partial charge >= 0.3 is 21.4 Å². The van der Waals surface area contributed by atoms with Gasteiger partial charge in [0.1, 0.15) is 30.7 Å². The molecule has 2 saturated heterocycles. The van der Waals surface area contributed by atoms with Gasteiger partial charge in [0.05, 0.1) is 6.67 Å². The van der Waals surface area contributed by atoms with Crippen molar-refractivity contribution >= 4 is 38.8 Å². The molecule has 3 aliphatic heterocycles. The summed E-state index contributed by atoms with van der Waals surface area (Å²) in [5.41, 5.74) is 5.63. The summed E-state index contributed by atoms with van der Waals surface area (Å²) >= 11 is 0. The van der Waals surface area contributed by atoms with E-state index in [1.54, 1.807) is 4.90 Å². The van der Waals surface area contributed by atoms with Crippen molar-refractivity contribution in [1.29, 1.82) is 0 Å². The molecule has 144 valence electrons. The molecule has 2 radical (unpaired) electrons. The van der Waals surface area contributed by atoms with E-state index in [1.165, 1.54) is 6.92 Å². The number of aromatic nitrogens is 2. The minimum absolute atomic E-state index is 0.0215. The van der Waals surface area contributed by atoms with E-state index in [2.05, 4.69) is 15.3 Å². The van der Waals surface area contributed by atoms with Gasteiger partial charge < -0.3 is 25.4 Å². The van der Waals surface area contributed by atoms with Crippen molar-refractivity contribution in [3.05, 3.63) is 10.4 Å². The zero-order valence-corrected chi connectivity index (χ0v) is 15.3. The fourth-order valence-electron chi connectivity index (χ4n) is 3.12. The number of carbonyl (C=O) groups is 1. The van der Waals surface area contributed by atoms with Crippen molar-refractivity contribution < 1.29 is 27.8 Å². The van der Waals surface area contributed by atoms with Crippen LogP contribution < -0.4 is 21.5 Å². The van der Waals surface area contributed by atoms with Gasteiger partial charge in [0.2, 0.25) is 12.7 Å². The molecule has 12 nitrogen and oxygen atoms in total. The third-order valence-corrected chi connectivity index (χ3v) is 5.88. The second-order valence-corrected chi connectivity index (χ2v) is 7.99. The van der Waals surface area contributed by atoms with Crippen LogP contribution >= 0.6 is 7.82 Å². The lowest BCUT2D eigenvalue weighted by molar-refractivity contribution is -0.149. The number of aromatic amines is 1. The number of nitrogens with two attached hydrogens (primary N) is 1. The van der Waals surface area contributed by atoms with Crippen LogP contribution in [0, 0.1) is 0 Å². The maximum absolute atomic E-state index is 12.0. The molecular formula is C13H18BN5O7P+. The van der Waals surface area contributed by atoms with Crippen molar-refractivity contribution in [2.24, 2.45) is 0 Å². The molecule has 1 unspecified atom stereocenters. The average Bonchev–Trinajstić information content (AvgIpc) is 3.17. The highest BCUT2D eigenvalue weighted by molar-refractivity contribution is 7.85. The van der Waals surface area contributed by atoms with Crippen LogP contribution in [0.5, 0.6) is 0 Å². The zero-order chi connectivity index (χ0) is 19.2. The molecule has 1 aromatic rings. The Kier molecular flexibility index (Phi) is 4.72. The third-order valence-electron chi connectivity index (χ3n) is 4.34. The standard InChI is InChI=1S/C13H18BN5O7P/c1-6(20)22-5-24-27(14)23-3-8-7(26-27)2-9(25-8)19-4-16-10-11(19)17-13(15)18-12(10)21/h7-9,16H,2-5H2,1H3,(H3,15,17,18,21)/q+1/t7-,8+,9+,27?/m0/s1. The van der Waals surface area contributed by atoms with Gasteiger partial charge in [0.15, 0.2) is 5.82 Å². The van der Waals surface area contributed by atoms with Crippen LogP contribution in [0.2, 0.25) is 0 Å². The van der Waals surface area contributed by atoms with Gasteiger partial charge in [-0.1, -0.05) is 0 Å². The molecule has 0 aromatic carbocycles. The fraction of sp³-hybridized carbons (Fsp3) is 0.615. The maximum atomic E-state index is 12.0. The third kappa shape index (κ3) is 3.60. The number of anilines is 3. The number of hydrogen-bond donors (Lipinski definition) is 3. The lowest BCUT2D eigenvalue weighted by atomic mass is 10.2. The summed E-state index contributed by atoms with van der Waals surface area (Å²) in [6.07, 6.45) is -0.680. The van der Waals surface area contributed by atoms with Crippen LogP contribution in [-0.4, -0.2) is 62.0 Å². The second kappa shape index (κ2) is 6.91. The van der Waals surface area contributed by atoms with Crippen LogP contribution in [0.3, 0.4) is 0 Å². The molecule has 4 N–H and O–H groups in total. The fourth-order valence-corrected chi connectivity index (χ4v) is 4.47. The van der Waals surface area contributed by atoms with Crippen molar-refractivity contribution in [2.45, 2.75) is 31.8 Å². The number of esters is 1. The smallest absolute Gasteiger partial charge is 0.434 e. The summed E-state index contributed by atoms with van der Waals surface area (Å²) < 4.78 is 27.2. The SMILES string of the molecule is [B][P+]1(OCOC(C)=O)OC[C@H]2O[C@@H](N3CNc4c3nc(N)[nH]c4=O)C[C@@H]2O1. The number of ether oxygens (including phenoxy) is 2. The molecule has 14 heteroatoms. The predicted octanol–water partition coefficient (Wildman–Crippen LogP) is -0.545. The Morgan fingerprint density at radius 1 is 1.52 bits per heavy atom. The van der Waals surface area contributed by atoms with Crippen molar-refractivity contribution in [1.82, 2.24) is 9.97 Å². The first-order valence-corrected chi connectivity index (χ1v) is 9.80. The summed E-state index contributed by atoms with van der Waals surface area (Å²) in [7, 11) is 2.90. The van der Waals surface area contributed by atoms with Crippen molar-refractivity contribution in [2.75, 3.05) is 36.0 Å². The topological polar surface area (TPSA) is 150 Å². The quantitative estimate of drug-likeness (QED) is 0.260. The molecule has 4 heterocycles. The Morgan fingerprint density at radius 3 is 3.11 bits per heavy atom. The molecular weight excluding hydrogens is 380 g/mol. The van der Waals surface area contributed by atoms with Crippen LogP contribution in [0.1, 0.15) is 13.3 Å². The number of H-pyrrole nitrogens is 1. The van der Waals surface area contributed by atoms with E-state index in [1.807, 2.05) is 0 Å². The number of nitrogen functional groups attached to an aromatic ring is 1. The van der Waals surface area contributed by atoms with Gasteiger partial charge in [-0.2, -0.15) is 18.6 Å². The number of nitrogens with one attached hydrogen (secondary N) is 2. The molecule has 0 spiro atoms. The van der Waals surface area contributed by atoms with E-state index in [9.17, 15) is 9.59 Å². The second-order valence-electron chi connectivity index (χ2n) is 6.18. The number of fused-ring (bicyclic) bond motifs is 2. The van der Waals surface area contributed by atoms with E-state index in [0.29, 0.717) is 24.6 Å². The maximum Gasteiger partial charge on any atom is 0.488 e.